The van der Waals surface area contributed by atoms with Crippen molar-refractivity contribution in [2.75, 3.05) is 0 Å². The quantitative estimate of drug-likeness (QED) is 0.521. The van der Waals surface area contributed by atoms with Crippen LogP contribution in [-0.4, -0.2) is 18.6 Å². The van der Waals surface area contributed by atoms with E-state index in [1.807, 2.05) is 0 Å². The second kappa shape index (κ2) is 6.84. The fraction of sp³-hybridized carbons (Fsp3) is 0.150. The summed E-state index contributed by atoms with van der Waals surface area (Å²) in [6.07, 6.45) is -4.82. The summed E-state index contributed by atoms with van der Waals surface area (Å²) < 4.78 is 45.5. The lowest BCUT2D eigenvalue weighted by Gasteiger charge is -2.14. The maximum Gasteiger partial charge on any atom is 0.431 e. The molecule has 4 aromatic rings. The van der Waals surface area contributed by atoms with Gasteiger partial charge in [-0.05, 0) is 60.4 Å². The predicted molar refractivity (Wildman–Crippen MR) is 107 cm³/mol. The van der Waals surface area contributed by atoms with E-state index in [2.05, 4.69) is 4.37 Å². The van der Waals surface area contributed by atoms with E-state index >= 15 is 0 Å². The van der Waals surface area contributed by atoms with Crippen molar-refractivity contribution in [3.63, 3.8) is 0 Å². The first-order chi connectivity index (χ1) is 14.1. The van der Waals surface area contributed by atoms with Crippen LogP contribution in [0, 0.1) is 6.92 Å². The summed E-state index contributed by atoms with van der Waals surface area (Å²) in [6, 6.07) is 10.1. The monoisotopic (exact) mass is 433 g/mol. The Labute approximate surface area is 171 Å². The fourth-order valence-corrected chi connectivity index (χ4v) is 3.99. The van der Waals surface area contributed by atoms with Crippen molar-refractivity contribution in [2.24, 2.45) is 7.05 Å². The second-order valence-corrected chi connectivity index (χ2v) is 7.56. The lowest BCUT2D eigenvalue weighted by Crippen LogP contribution is -2.40. The summed E-state index contributed by atoms with van der Waals surface area (Å²) in [5.74, 6) is 0.138. The Morgan fingerprint density at radius 3 is 2.47 bits per heavy atom. The average molecular weight is 433 g/mol. The van der Waals surface area contributed by atoms with E-state index in [1.54, 1.807) is 31.2 Å². The number of nitrogens with zero attached hydrogens (tertiary/aromatic N) is 3. The zero-order valence-electron chi connectivity index (χ0n) is 15.7. The number of phenols is 1. The number of alkyl halides is 3. The van der Waals surface area contributed by atoms with E-state index in [0.29, 0.717) is 31.8 Å². The van der Waals surface area contributed by atoms with Crippen molar-refractivity contribution in [1.82, 2.24) is 13.5 Å². The number of phenolic OH excluding ortho intramolecular Hbond substituents is 1. The van der Waals surface area contributed by atoms with Gasteiger partial charge in [0.15, 0.2) is 0 Å². The summed E-state index contributed by atoms with van der Waals surface area (Å²) in [4.78, 5) is 24.9. The third-order valence-corrected chi connectivity index (χ3v) is 5.62. The van der Waals surface area contributed by atoms with Gasteiger partial charge in [0.2, 0.25) is 0 Å². The van der Waals surface area contributed by atoms with Crippen LogP contribution in [0.1, 0.15) is 11.3 Å². The van der Waals surface area contributed by atoms with Gasteiger partial charge in [-0.15, -0.1) is 0 Å². The number of hydrogen-bond donors (Lipinski definition) is 1. The number of aromatic nitrogens is 3. The molecule has 1 N–H and O–H groups in total. The topological polar surface area (TPSA) is 77.1 Å². The number of hydrogen-bond acceptors (Lipinski definition) is 5. The maximum atomic E-state index is 13.1. The minimum atomic E-state index is -4.82. The zero-order chi connectivity index (χ0) is 21.8. The normalized spacial score (nSPS) is 11.9. The van der Waals surface area contributed by atoms with E-state index in [9.17, 15) is 27.9 Å². The molecule has 0 aliphatic carbocycles. The number of aryl methyl sites for hydroxylation is 1. The summed E-state index contributed by atoms with van der Waals surface area (Å²) in [6.45, 7) is 1.74. The Kier molecular flexibility index (Phi) is 4.53. The molecule has 0 spiro atoms. The largest absolute Gasteiger partial charge is 0.508 e. The van der Waals surface area contributed by atoms with Gasteiger partial charge in [0.25, 0.3) is 5.56 Å². The van der Waals surface area contributed by atoms with Crippen molar-refractivity contribution in [2.45, 2.75) is 13.1 Å². The van der Waals surface area contributed by atoms with Crippen LogP contribution in [0.25, 0.3) is 27.0 Å². The molecule has 0 saturated carbocycles. The van der Waals surface area contributed by atoms with Gasteiger partial charge >= 0.3 is 11.9 Å². The van der Waals surface area contributed by atoms with E-state index in [4.69, 9.17) is 0 Å². The molecule has 2 aromatic carbocycles. The smallest absolute Gasteiger partial charge is 0.431 e. The molecule has 0 fully saturated rings. The van der Waals surface area contributed by atoms with Crippen LogP contribution in [0.4, 0.5) is 13.2 Å². The lowest BCUT2D eigenvalue weighted by molar-refractivity contribution is -0.144. The third kappa shape index (κ3) is 3.18. The van der Waals surface area contributed by atoms with Gasteiger partial charge < -0.3 is 5.11 Å². The van der Waals surface area contributed by atoms with Crippen molar-refractivity contribution >= 4 is 21.6 Å². The van der Waals surface area contributed by atoms with Crippen LogP contribution >= 0.6 is 11.5 Å². The van der Waals surface area contributed by atoms with E-state index in [-0.39, 0.29) is 11.4 Å². The van der Waals surface area contributed by atoms with Crippen LogP contribution in [0.2, 0.25) is 0 Å². The summed E-state index contributed by atoms with van der Waals surface area (Å²) in [5.41, 5.74) is -1.39. The molecule has 0 atom stereocenters. The molecular formula is C20H14F3N3O3S. The number of rotatable bonds is 2. The molecule has 154 valence electrons. The Hall–Kier alpha value is -3.40. The Bertz CT molecular complexity index is 1420. The summed E-state index contributed by atoms with van der Waals surface area (Å²) in [7, 11) is 0.969. The number of aromatic hydroxyl groups is 1. The molecule has 0 saturated heterocycles. The molecule has 10 heteroatoms. The Morgan fingerprint density at radius 2 is 1.80 bits per heavy atom. The van der Waals surface area contributed by atoms with Crippen molar-refractivity contribution < 1.29 is 18.3 Å². The van der Waals surface area contributed by atoms with Crippen molar-refractivity contribution in [3.05, 3.63) is 74.6 Å². The molecule has 0 radical (unpaired) electrons. The molecule has 2 aromatic heterocycles. The minimum Gasteiger partial charge on any atom is -0.508 e. The van der Waals surface area contributed by atoms with Crippen molar-refractivity contribution in [1.29, 1.82) is 0 Å². The lowest BCUT2D eigenvalue weighted by atomic mass is 10.0. The minimum absolute atomic E-state index is 0.138. The molecule has 30 heavy (non-hydrogen) atoms. The van der Waals surface area contributed by atoms with Crippen LogP contribution in [-0.2, 0) is 13.2 Å². The third-order valence-electron chi connectivity index (χ3n) is 4.79. The van der Waals surface area contributed by atoms with Crippen molar-refractivity contribution in [3.8, 4) is 22.7 Å². The molecule has 0 amide bonds. The highest BCUT2D eigenvalue weighted by atomic mass is 32.1. The van der Waals surface area contributed by atoms with Crippen LogP contribution < -0.4 is 11.2 Å². The predicted octanol–water partition coefficient (Wildman–Crippen LogP) is 3.85. The first-order valence-electron chi connectivity index (χ1n) is 8.68. The molecule has 0 unspecified atom stereocenters. The van der Waals surface area contributed by atoms with Crippen LogP contribution in [0.15, 0.2) is 52.1 Å². The molecule has 2 heterocycles. The first-order valence-corrected chi connectivity index (χ1v) is 9.45. The SMILES string of the molecule is Cc1cc(-c2nsc3ccc(-n4c(=O)cc(C(F)(F)F)n(C)c4=O)cc23)ccc1O. The van der Waals surface area contributed by atoms with Gasteiger partial charge in [0, 0.05) is 24.1 Å². The van der Waals surface area contributed by atoms with E-state index in [0.717, 1.165) is 17.3 Å². The second-order valence-electron chi connectivity index (χ2n) is 6.76. The standard InChI is InChI=1S/C20H14F3N3O3S/c1-10-7-11(3-5-14(10)27)18-13-8-12(4-6-15(13)30-24-18)26-17(28)9-16(20(21,22)23)25(2)19(26)29/h3-9,27H,1-2H3. The Morgan fingerprint density at radius 1 is 1.07 bits per heavy atom. The number of benzene rings is 2. The molecule has 0 bridgehead atoms. The fourth-order valence-electron chi connectivity index (χ4n) is 3.21. The highest BCUT2D eigenvalue weighted by Gasteiger charge is 2.35. The maximum absolute atomic E-state index is 13.1. The average Bonchev–Trinajstić information content (AvgIpc) is 3.09. The van der Waals surface area contributed by atoms with Crippen LogP contribution in [0.3, 0.4) is 0 Å². The summed E-state index contributed by atoms with van der Waals surface area (Å²) in [5, 5.41) is 10.4. The van der Waals surface area contributed by atoms with Gasteiger partial charge in [-0.1, -0.05) is 0 Å². The first kappa shape index (κ1) is 19.9. The van der Waals surface area contributed by atoms with Gasteiger partial charge in [-0.25, -0.2) is 9.36 Å². The Balaban J connectivity index is 1.94. The number of halogens is 3. The van der Waals surface area contributed by atoms with E-state index in [1.165, 1.54) is 23.7 Å². The molecule has 0 aliphatic rings. The van der Waals surface area contributed by atoms with Gasteiger partial charge in [-0.3, -0.25) is 9.36 Å². The van der Waals surface area contributed by atoms with Gasteiger partial charge in [0.1, 0.15) is 11.4 Å². The summed E-state index contributed by atoms with van der Waals surface area (Å²) >= 11 is 1.21. The van der Waals surface area contributed by atoms with Gasteiger partial charge in [-0.2, -0.15) is 17.5 Å². The van der Waals surface area contributed by atoms with E-state index < -0.39 is 23.1 Å². The molecular weight excluding hydrogens is 419 g/mol. The molecule has 0 aliphatic heterocycles. The molecule has 4 rings (SSSR count). The van der Waals surface area contributed by atoms with Gasteiger partial charge in [0.05, 0.1) is 16.1 Å². The number of fused-ring (bicyclic) bond motifs is 1. The molecule has 6 nitrogen and oxygen atoms in total. The van der Waals surface area contributed by atoms with Crippen LogP contribution in [0.5, 0.6) is 5.75 Å². The zero-order valence-corrected chi connectivity index (χ0v) is 16.5. The highest BCUT2D eigenvalue weighted by Crippen LogP contribution is 2.34. The highest BCUT2D eigenvalue weighted by molar-refractivity contribution is 7.13.